The summed E-state index contributed by atoms with van der Waals surface area (Å²) in [4.78, 5) is 40.9. The van der Waals surface area contributed by atoms with Crippen molar-refractivity contribution in [3.63, 3.8) is 0 Å². The summed E-state index contributed by atoms with van der Waals surface area (Å²) in [5.74, 6) is 8.76. The molecular weight excluding hydrogens is 1500 g/mol. The van der Waals surface area contributed by atoms with Crippen LogP contribution in [0.3, 0.4) is 0 Å². The minimum absolute atomic E-state index is 0.402. The van der Waals surface area contributed by atoms with Crippen LogP contribution in [0.5, 0.6) is 103 Å². The first-order chi connectivity index (χ1) is 58.7. The molecule has 0 saturated carbocycles. The van der Waals surface area contributed by atoms with Gasteiger partial charge in [-0.3, -0.25) is 0 Å². The molecule has 16 aromatic carbocycles. The number of cyclic esters (lactones) is 3. The second-order valence-corrected chi connectivity index (χ2v) is 29.4. The van der Waals surface area contributed by atoms with Gasteiger partial charge in [0.15, 0.2) is 16.8 Å². The molecule has 3 aliphatic heterocycles. The van der Waals surface area contributed by atoms with E-state index in [0.717, 1.165) is 66.8 Å². The van der Waals surface area contributed by atoms with E-state index in [0.29, 0.717) is 120 Å². The van der Waals surface area contributed by atoms with Crippen molar-refractivity contribution in [1.82, 2.24) is 0 Å². The fourth-order valence-electron chi connectivity index (χ4n) is 15.5. The van der Waals surface area contributed by atoms with Crippen LogP contribution in [0.25, 0.3) is 0 Å². The summed E-state index contributed by atoms with van der Waals surface area (Å²) >= 11 is 0. The number of benzene rings is 16. The monoisotopic (exact) mass is 1570 g/mol. The predicted molar refractivity (Wildman–Crippen MR) is 454 cm³/mol. The number of rotatable bonds is 24. The van der Waals surface area contributed by atoms with E-state index in [1.54, 1.807) is 72.8 Å². The molecule has 0 radical (unpaired) electrons. The third-order valence-electron chi connectivity index (χ3n) is 21.4. The van der Waals surface area contributed by atoms with Crippen LogP contribution < -0.4 is 42.6 Å². The molecule has 120 heavy (non-hydrogen) atoms. The first kappa shape index (κ1) is 74.3. The lowest BCUT2D eigenvalue weighted by molar-refractivity contribution is 0.0242. The van der Waals surface area contributed by atoms with E-state index in [9.17, 15) is 14.4 Å². The standard InChI is InChI=1S/C105H72O15/c1-67-16-34-76(35-17-67)109-79-40-22-70(23-41-79)103(97-13-7-4-10-94(97)100(106)118-103)73-28-46-82(47-29-73)112-85-52-58-88(59-53-85)115-91-64-92(116-89-60-54-86(55-61-89)113-83-48-30-74(31-49-83)104(98-14-8-5-11-95(98)101(107)119-104)71-24-42-80(43-25-71)110-77-36-18-68(2)19-37-77)66-93(65-91)117-90-62-56-87(57-63-90)114-84-50-32-75(33-51-84)105(99-15-9-6-12-96(99)102(108)120-105)72-26-44-81(45-27-72)111-78-38-20-69(3)21-39-78/h4-66H,1-3H3. The Hall–Kier alpha value is -15.9. The molecule has 16 aromatic rings. The molecule has 3 heterocycles. The van der Waals surface area contributed by atoms with E-state index in [-0.39, 0.29) is 0 Å². The lowest BCUT2D eigenvalue weighted by atomic mass is 9.80. The second-order valence-electron chi connectivity index (χ2n) is 29.4. The third-order valence-corrected chi connectivity index (χ3v) is 21.4. The highest BCUT2D eigenvalue weighted by Gasteiger charge is 2.51. The van der Waals surface area contributed by atoms with Gasteiger partial charge in [-0.25, -0.2) is 14.4 Å². The average Bonchev–Trinajstić information content (AvgIpc) is 1.57. The quantitative estimate of drug-likeness (QED) is 0.0415. The number of fused-ring (bicyclic) bond motifs is 3. The summed E-state index contributed by atoms with van der Waals surface area (Å²) in [5.41, 5.74) is 7.78. The zero-order valence-corrected chi connectivity index (χ0v) is 65.0. The SMILES string of the molecule is Cc1ccc(Oc2ccc(C3(c4ccc(Oc5ccc(Oc6cc(Oc7ccc(Oc8ccc(C9(c%10ccc(Oc%11ccc(C)cc%11)cc%10)OC(=O)c%10ccccc%109)cc8)cc7)cc(Oc7ccc(Oc8ccc(C9(c%10ccc(Oc%11ccc(C)cc%11)cc%10)OC(=O)c%10ccccc%109)cc8)cc7)c6)cc5)cc4)OC(=O)c4ccccc43)cc2)cc1. The van der Waals surface area contributed by atoms with Crippen LogP contribution in [-0.2, 0) is 31.0 Å². The third kappa shape index (κ3) is 14.7. The summed E-state index contributed by atoms with van der Waals surface area (Å²) in [6.45, 7) is 6.08. The highest BCUT2D eigenvalue weighted by Crippen LogP contribution is 2.52. The molecular formula is C105H72O15. The van der Waals surface area contributed by atoms with Gasteiger partial charge in [-0.2, -0.15) is 0 Å². The molecule has 0 aliphatic carbocycles. The number of esters is 3. The maximum atomic E-state index is 13.6. The minimum Gasteiger partial charge on any atom is -0.457 e. The molecule has 582 valence electrons. The molecule has 0 N–H and O–H groups in total. The maximum absolute atomic E-state index is 13.6. The Morgan fingerprint density at radius 3 is 0.492 bits per heavy atom. The molecule has 3 atom stereocenters. The Kier molecular flexibility index (Phi) is 19.4. The van der Waals surface area contributed by atoms with Crippen molar-refractivity contribution in [2.75, 3.05) is 0 Å². The number of carbonyl (C=O) groups excluding carboxylic acids is 3. The molecule has 0 aromatic heterocycles. The Balaban J connectivity index is 0.563. The largest absolute Gasteiger partial charge is 0.457 e. The molecule has 15 nitrogen and oxygen atoms in total. The van der Waals surface area contributed by atoms with E-state index >= 15 is 0 Å². The van der Waals surface area contributed by atoms with Gasteiger partial charge in [0.1, 0.15) is 103 Å². The normalized spacial score (nSPS) is 16.0. The number of carbonyl (C=O) groups is 3. The molecule has 0 spiro atoms. The summed E-state index contributed by atoms with van der Waals surface area (Å²) in [6.07, 6.45) is 0. The van der Waals surface area contributed by atoms with Gasteiger partial charge >= 0.3 is 17.9 Å². The maximum Gasteiger partial charge on any atom is 0.340 e. The number of hydrogen-bond acceptors (Lipinski definition) is 15. The molecule has 0 bridgehead atoms. The summed E-state index contributed by atoms with van der Waals surface area (Å²) in [6, 6.07) is 118. The highest BCUT2D eigenvalue weighted by atomic mass is 16.6. The van der Waals surface area contributed by atoms with Gasteiger partial charge in [0, 0.05) is 68.3 Å². The Morgan fingerprint density at radius 2 is 0.317 bits per heavy atom. The van der Waals surface area contributed by atoms with Crippen LogP contribution in [0.2, 0.25) is 0 Å². The lowest BCUT2D eigenvalue weighted by Crippen LogP contribution is -2.29. The first-order valence-corrected chi connectivity index (χ1v) is 39.1. The van der Waals surface area contributed by atoms with Crippen molar-refractivity contribution in [2.24, 2.45) is 0 Å². The Morgan fingerprint density at radius 1 is 0.175 bits per heavy atom. The Labute approximate surface area is 691 Å². The number of ether oxygens (including phenoxy) is 12. The van der Waals surface area contributed by atoms with Crippen molar-refractivity contribution in [3.8, 4) is 103 Å². The molecule has 0 fully saturated rings. The van der Waals surface area contributed by atoms with Gasteiger partial charge in [-0.1, -0.05) is 180 Å². The van der Waals surface area contributed by atoms with Crippen LogP contribution in [0.4, 0.5) is 0 Å². The van der Waals surface area contributed by atoms with Crippen LogP contribution in [0.1, 0.15) is 97.8 Å². The highest BCUT2D eigenvalue weighted by molar-refractivity contribution is 5.98. The zero-order chi connectivity index (χ0) is 81.3. The van der Waals surface area contributed by atoms with Crippen molar-refractivity contribution in [1.29, 1.82) is 0 Å². The lowest BCUT2D eigenvalue weighted by Gasteiger charge is -2.30. The zero-order valence-electron chi connectivity index (χ0n) is 65.0. The fourth-order valence-corrected chi connectivity index (χ4v) is 15.5. The van der Waals surface area contributed by atoms with Crippen molar-refractivity contribution in [3.05, 3.63) is 466 Å². The molecule has 15 heteroatoms. The molecule has 3 aliphatic rings. The summed E-state index contributed by atoms with van der Waals surface area (Å²) in [5, 5.41) is 0. The molecule has 19 rings (SSSR count). The minimum atomic E-state index is -1.24. The first-order valence-electron chi connectivity index (χ1n) is 39.1. The van der Waals surface area contributed by atoms with Gasteiger partial charge in [-0.05, 0) is 221 Å². The van der Waals surface area contributed by atoms with Crippen molar-refractivity contribution >= 4 is 17.9 Å². The smallest absolute Gasteiger partial charge is 0.340 e. The summed E-state index contributed by atoms with van der Waals surface area (Å²) < 4.78 is 76.9. The van der Waals surface area contributed by atoms with Gasteiger partial charge in [0.25, 0.3) is 0 Å². The molecule has 0 amide bonds. The number of hydrogen-bond donors (Lipinski definition) is 0. The van der Waals surface area contributed by atoms with E-state index in [2.05, 4.69) is 0 Å². The number of aryl methyl sites for hydroxylation is 3. The van der Waals surface area contributed by atoms with Crippen molar-refractivity contribution in [2.45, 2.75) is 37.6 Å². The van der Waals surface area contributed by atoms with Crippen LogP contribution >= 0.6 is 0 Å². The van der Waals surface area contributed by atoms with E-state index in [1.807, 2.05) is 330 Å². The van der Waals surface area contributed by atoms with Crippen LogP contribution in [0.15, 0.2) is 382 Å². The van der Waals surface area contributed by atoms with Gasteiger partial charge < -0.3 is 56.8 Å². The average molecular weight is 1570 g/mol. The molecule has 0 saturated heterocycles. The predicted octanol–water partition coefficient (Wildman–Crippen LogP) is 26.1. The molecule has 3 unspecified atom stereocenters. The van der Waals surface area contributed by atoms with Gasteiger partial charge in [0.2, 0.25) is 0 Å². The van der Waals surface area contributed by atoms with Crippen molar-refractivity contribution < 1.29 is 71.2 Å². The van der Waals surface area contributed by atoms with E-state index in [4.69, 9.17) is 56.8 Å². The second kappa shape index (κ2) is 31.4. The van der Waals surface area contributed by atoms with Crippen LogP contribution in [0, 0.1) is 20.8 Å². The Bertz CT molecular complexity index is 5840. The van der Waals surface area contributed by atoms with Gasteiger partial charge in [0.05, 0.1) is 16.7 Å². The van der Waals surface area contributed by atoms with Gasteiger partial charge in [-0.15, -0.1) is 0 Å². The summed E-state index contributed by atoms with van der Waals surface area (Å²) in [7, 11) is 0. The fraction of sp³-hybridized carbons (Fsp3) is 0.0571. The van der Waals surface area contributed by atoms with Crippen LogP contribution in [-0.4, -0.2) is 17.9 Å². The van der Waals surface area contributed by atoms with E-state index in [1.165, 1.54) is 0 Å². The van der Waals surface area contributed by atoms with E-state index < -0.39 is 34.7 Å². The topological polar surface area (TPSA) is 162 Å².